The maximum atomic E-state index is 12.3. The number of benzene rings is 1. The second kappa shape index (κ2) is 6.17. The summed E-state index contributed by atoms with van der Waals surface area (Å²) in [5.74, 6) is -0.346. The molecule has 0 bridgehead atoms. The number of nitrogens with one attached hydrogen (secondary N) is 1. The number of nitro groups is 1. The number of hydrogen-bond acceptors (Lipinski definition) is 4. The van der Waals surface area contributed by atoms with E-state index in [-0.39, 0.29) is 23.2 Å². The second-order valence-corrected chi connectivity index (χ2v) is 4.53. The Morgan fingerprint density at radius 2 is 2.11 bits per heavy atom. The van der Waals surface area contributed by atoms with Gasteiger partial charge < -0.3 is 10.2 Å². The molecule has 0 aliphatic rings. The summed E-state index contributed by atoms with van der Waals surface area (Å²) in [7, 11) is 1.64. The van der Waals surface area contributed by atoms with Crippen LogP contribution < -0.4 is 5.32 Å². The summed E-state index contributed by atoms with van der Waals surface area (Å²) in [5, 5.41) is 14.0. The molecule has 1 amide bonds. The van der Waals surface area contributed by atoms with Gasteiger partial charge in [-0.25, -0.2) is 0 Å². The molecule has 1 aromatic rings. The first kappa shape index (κ1) is 14.9. The highest BCUT2D eigenvalue weighted by Crippen LogP contribution is 2.24. The molecule has 104 valence electrons. The molecule has 0 fully saturated rings. The predicted octanol–water partition coefficient (Wildman–Crippen LogP) is 2.51. The van der Waals surface area contributed by atoms with Crippen LogP contribution in [0.3, 0.4) is 0 Å². The van der Waals surface area contributed by atoms with Crippen LogP contribution in [0.1, 0.15) is 31.1 Å². The van der Waals surface area contributed by atoms with E-state index in [1.807, 2.05) is 20.8 Å². The Labute approximate surface area is 112 Å². The molecule has 1 N–H and O–H groups in total. The standard InChI is InChI=1S/C13H19N3O3/c1-5-14-10-6-7-12(16(18)19)11(8-10)13(17)15(4)9(2)3/h6-9,14H,5H2,1-4H3. The largest absolute Gasteiger partial charge is 0.385 e. The fraction of sp³-hybridized carbons (Fsp3) is 0.462. The lowest BCUT2D eigenvalue weighted by molar-refractivity contribution is -0.385. The van der Waals surface area contributed by atoms with Crippen LogP contribution >= 0.6 is 0 Å². The lowest BCUT2D eigenvalue weighted by Gasteiger charge is -2.21. The minimum absolute atomic E-state index is 0.0186. The summed E-state index contributed by atoms with van der Waals surface area (Å²) in [6.45, 7) is 6.32. The normalized spacial score (nSPS) is 10.4. The summed E-state index contributed by atoms with van der Waals surface area (Å²) in [5.41, 5.74) is 0.646. The predicted molar refractivity (Wildman–Crippen MR) is 74.5 cm³/mol. The number of rotatable bonds is 5. The zero-order valence-electron chi connectivity index (χ0n) is 11.6. The van der Waals surface area contributed by atoms with Gasteiger partial charge >= 0.3 is 0 Å². The van der Waals surface area contributed by atoms with Crippen LogP contribution in [0, 0.1) is 10.1 Å². The van der Waals surface area contributed by atoms with E-state index in [0.717, 1.165) is 0 Å². The number of nitrogens with zero attached hydrogens (tertiary/aromatic N) is 2. The molecular formula is C13H19N3O3. The first-order valence-electron chi connectivity index (χ1n) is 6.18. The van der Waals surface area contributed by atoms with Crippen LogP contribution in [0.2, 0.25) is 0 Å². The van der Waals surface area contributed by atoms with E-state index >= 15 is 0 Å². The van der Waals surface area contributed by atoms with E-state index < -0.39 is 4.92 Å². The average molecular weight is 265 g/mol. The summed E-state index contributed by atoms with van der Waals surface area (Å²) >= 11 is 0. The van der Waals surface area contributed by atoms with Crippen molar-refractivity contribution in [3.05, 3.63) is 33.9 Å². The maximum absolute atomic E-state index is 12.3. The fourth-order valence-electron chi connectivity index (χ4n) is 1.61. The first-order valence-corrected chi connectivity index (χ1v) is 6.18. The van der Waals surface area contributed by atoms with Crippen LogP contribution in [0.5, 0.6) is 0 Å². The van der Waals surface area contributed by atoms with Crippen LogP contribution in [0.15, 0.2) is 18.2 Å². The van der Waals surface area contributed by atoms with Gasteiger partial charge in [0.2, 0.25) is 0 Å². The van der Waals surface area contributed by atoms with Gasteiger partial charge in [-0.05, 0) is 32.9 Å². The van der Waals surface area contributed by atoms with Crippen molar-refractivity contribution in [1.82, 2.24) is 4.90 Å². The minimum atomic E-state index is -0.531. The Morgan fingerprint density at radius 1 is 1.47 bits per heavy atom. The molecule has 19 heavy (non-hydrogen) atoms. The monoisotopic (exact) mass is 265 g/mol. The van der Waals surface area contributed by atoms with Crippen molar-refractivity contribution in [2.75, 3.05) is 18.9 Å². The van der Waals surface area contributed by atoms with Gasteiger partial charge in [-0.2, -0.15) is 0 Å². The van der Waals surface area contributed by atoms with Gasteiger partial charge in [-0.15, -0.1) is 0 Å². The third kappa shape index (κ3) is 3.43. The van der Waals surface area contributed by atoms with Crippen LogP contribution in [0.25, 0.3) is 0 Å². The van der Waals surface area contributed by atoms with Crippen molar-refractivity contribution in [2.45, 2.75) is 26.8 Å². The van der Waals surface area contributed by atoms with Crippen molar-refractivity contribution in [2.24, 2.45) is 0 Å². The lowest BCUT2D eigenvalue weighted by atomic mass is 10.1. The highest BCUT2D eigenvalue weighted by Gasteiger charge is 2.24. The summed E-state index contributed by atoms with van der Waals surface area (Å²) in [6.07, 6.45) is 0. The van der Waals surface area contributed by atoms with E-state index in [9.17, 15) is 14.9 Å². The number of carbonyl (C=O) groups is 1. The summed E-state index contributed by atoms with van der Waals surface area (Å²) in [6, 6.07) is 4.48. The molecule has 0 aliphatic carbocycles. The van der Waals surface area contributed by atoms with Crippen molar-refractivity contribution >= 4 is 17.3 Å². The molecule has 0 atom stereocenters. The summed E-state index contributed by atoms with van der Waals surface area (Å²) < 4.78 is 0. The van der Waals surface area contributed by atoms with Gasteiger partial charge in [0.25, 0.3) is 11.6 Å². The lowest BCUT2D eigenvalue weighted by Crippen LogP contribution is -2.33. The molecule has 0 aliphatic heterocycles. The van der Waals surface area contributed by atoms with Crippen LogP contribution in [-0.4, -0.2) is 35.4 Å². The van der Waals surface area contributed by atoms with Crippen LogP contribution in [-0.2, 0) is 0 Å². The third-order valence-corrected chi connectivity index (χ3v) is 2.90. The Bertz CT molecular complexity index is 486. The third-order valence-electron chi connectivity index (χ3n) is 2.90. The molecule has 6 nitrogen and oxygen atoms in total. The smallest absolute Gasteiger partial charge is 0.282 e. The Morgan fingerprint density at radius 3 is 2.58 bits per heavy atom. The fourth-order valence-corrected chi connectivity index (χ4v) is 1.61. The highest BCUT2D eigenvalue weighted by atomic mass is 16.6. The molecule has 1 rings (SSSR count). The molecule has 1 aromatic carbocycles. The number of anilines is 1. The van der Waals surface area contributed by atoms with Gasteiger partial charge in [-0.1, -0.05) is 0 Å². The van der Waals surface area contributed by atoms with Gasteiger partial charge in [0.05, 0.1) is 4.92 Å². The van der Waals surface area contributed by atoms with Crippen molar-refractivity contribution in [3.8, 4) is 0 Å². The number of hydrogen-bond donors (Lipinski definition) is 1. The van der Waals surface area contributed by atoms with Crippen molar-refractivity contribution < 1.29 is 9.72 Å². The van der Waals surface area contributed by atoms with Crippen molar-refractivity contribution in [3.63, 3.8) is 0 Å². The van der Waals surface area contributed by atoms with E-state index in [1.54, 1.807) is 13.1 Å². The molecular weight excluding hydrogens is 246 g/mol. The van der Waals surface area contributed by atoms with E-state index in [4.69, 9.17) is 0 Å². The zero-order valence-corrected chi connectivity index (χ0v) is 11.6. The number of carbonyl (C=O) groups excluding carboxylic acids is 1. The Hall–Kier alpha value is -2.11. The molecule has 0 heterocycles. The molecule has 0 aromatic heterocycles. The first-order chi connectivity index (χ1) is 8.88. The van der Waals surface area contributed by atoms with Crippen LogP contribution in [0.4, 0.5) is 11.4 Å². The number of amides is 1. The molecule has 0 saturated heterocycles. The Kier molecular flexibility index (Phi) is 4.86. The quantitative estimate of drug-likeness (QED) is 0.655. The summed E-state index contributed by atoms with van der Waals surface area (Å²) in [4.78, 5) is 24.2. The van der Waals surface area contributed by atoms with Gasteiger partial charge in [-0.3, -0.25) is 14.9 Å². The molecule has 0 saturated carbocycles. The molecule has 0 unspecified atom stereocenters. The van der Waals surface area contributed by atoms with E-state index in [1.165, 1.54) is 17.0 Å². The Balaban J connectivity index is 3.24. The molecule has 0 spiro atoms. The minimum Gasteiger partial charge on any atom is -0.385 e. The molecule has 6 heteroatoms. The van der Waals surface area contributed by atoms with Gasteiger partial charge in [0.15, 0.2) is 0 Å². The van der Waals surface area contributed by atoms with E-state index in [0.29, 0.717) is 12.2 Å². The average Bonchev–Trinajstić information content (AvgIpc) is 2.36. The number of nitro benzene ring substituents is 1. The van der Waals surface area contributed by atoms with Gasteiger partial charge in [0, 0.05) is 31.4 Å². The topological polar surface area (TPSA) is 75.5 Å². The van der Waals surface area contributed by atoms with Gasteiger partial charge in [0.1, 0.15) is 5.56 Å². The second-order valence-electron chi connectivity index (χ2n) is 4.53. The highest BCUT2D eigenvalue weighted by molar-refractivity contribution is 5.99. The zero-order chi connectivity index (χ0) is 14.6. The maximum Gasteiger partial charge on any atom is 0.282 e. The van der Waals surface area contributed by atoms with Crippen molar-refractivity contribution in [1.29, 1.82) is 0 Å². The van der Waals surface area contributed by atoms with E-state index in [2.05, 4.69) is 5.32 Å². The SMILES string of the molecule is CCNc1ccc([N+](=O)[O-])c(C(=O)N(C)C(C)C)c1. The molecule has 0 radical (unpaired) electrons.